The first-order chi connectivity index (χ1) is 13.6. The number of amidine groups is 1. The van der Waals surface area contributed by atoms with Crippen molar-refractivity contribution in [3.8, 4) is 5.88 Å². The number of aromatic nitrogens is 3. The summed E-state index contributed by atoms with van der Waals surface area (Å²) < 4.78 is 0.839. The molecular weight excluding hydrogens is 420 g/mol. The largest absolute Gasteiger partial charge is 0.493 e. The van der Waals surface area contributed by atoms with Gasteiger partial charge in [-0.1, -0.05) is 12.1 Å². The second kappa shape index (κ2) is 7.69. The number of aliphatic imine (C=N–C) groups is 1. The first-order valence-electron chi connectivity index (χ1n) is 8.45. The van der Waals surface area contributed by atoms with Crippen molar-refractivity contribution in [2.24, 2.45) is 15.2 Å². The lowest BCUT2D eigenvalue weighted by molar-refractivity contribution is 0.459. The van der Waals surface area contributed by atoms with Crippen LogP contribution in [-0.4, -0.2) is 25.9 Å². The number of H-pyrrole nitrogens is 1. The van der Waals surface area contributed by atoms with Crippen LogP contribution >= 0.6 is 15.9 Å². The van der Waals surface area contributed by atoms with Crippen LogP contribution in [0.5, 0.6) is 5.88 Å². The van der Waals surface area contributed by atoms with Crippen LogP contribution in [0.2, 0.25) is 0 Å². The van der Waals surface area contributed by atoms with Gasteiger partial charge in [-0.25, -0.2) is 9.98 Å². The topological polar surface area (TPSA) is 98.9 Å². The molecule has 7 nitrogen and oxygen atoms in total. The summed E-state index contributed by atoms with van der Waals surface area (Å²) in [4.78, 5) is 15.9. The lowest BCUT2D eigenvalue weighted by Gasteiger charge is -2.00. The molecule has 0 saturated carbocycles. The van der Waals surface area contributed by atoms with Crippen LogP contribution in [0.4, 0.5) is 11.5 Å². The highest BCUT2D eigenvalue weighted by atomic mass is 79.9. The van der Waals surface area contributed by atoms with Crippen molar-refractivity contribution in [2.45, 2.75) is 6.92 Å². The summed E-state index contributed by atoms with van der Waals surface area (Å²) in [5, 5.41) is 19.6. The highest BCUT2D eigenvalue weighted by Gasteiger charge is 2.14. The van der Waals surface area contributed by atoms with E-state index >= 15 is 0 Å². The predicted octanol–water partition coefficient (Wildman–Crippen LogP) is 5.60. The van der Waals surface area contributed by atoms with Gasteiger partial charge >= 0.3 is 0 Å². The maximum Gasteiger partial charge on any atom is 0.218 e. The van der Waals surface area contributed by atoms with Crippen LogP contribution in [0.15, 0.2) is 80.6 Å². The fraction of sp³-hybridized carbons (Fsp3) is 0.0500. The van der Waals surface area contributed by atoms with Crippen molar-refractivity contribution in [3.63, 3.8) is 0 Å². The van der Waals surface area contributed by atoms with Crippen molar-refractivity contribution >= 4 is 44.2 Å². The van der Waals surface area contributed by atoms with E-state index in [1.54, 1.807) is 24.5 Å². The highest BCUT2D eigenvalue weighted by Crippen LogP contribution is 2.39. The number of aromatic hydroxyl groups is 1. The average molecular weight is 435 g/mol. The van der Waals surface area contributed by atoms with E-state index in [9.17, 15) is 5.11 Å². The van der Waals surface area contributed by atoms with Crippen molar-refractivity contribution in [3.05, 3.63) is 76.7 Å². The fourth-order valence-electron chi connectivity index (χ4n) is 2.71. The minimum absolute atomic E-state index is 0.0664. The summed E-state index contributed by atoms with van der Waals surface area (Å²) in [7, 11) is 0. The molecule has 0 amide bonds. The molecule has 0 radical (unpaired) electrons. The van der Waals surface area contributed by atoms with E-state index in [2.05, 4.69) is 46.1 Å². The number of pyridine rings is 2. The third-order valence-corrected chi connectivity index (χ3v) is 4.59. The van der Waals surface area contributed by atoms with Gasteiger partial charge in [-0.3, -0.25) is 4.98 Å². The molecule has 3 aromatic heterocycles. The number of aromatic amines is 1. The van der Waals surface area contributed by atoms with Crippen LogP contribution in [0.1, 0.15) is 11.3 Å². The molecule has 1 aromatic carbocycles. The van der Waals surface area contributed by atoms with Gasteiger partial charge in [0.2, 0.25) is 11.7 Å². The number of nitrogens with zero attached hydrogens (tertiary/aromatic N) is 5. The van der Waals surface area contributed by atoms with Crippen molar-refractivity contribution < 1.29 is 5.11 Å². The molecule has 138 valence electrons. The van der Waals surface area contributed by atoms with Crippen molar-refractivity contribution in [1.82, 2.24) is 15.0 Å². The number of nitrogens with one attached hydrogen (secondary N) is 1. The SMILES string of the molecule is Cc1cc(Br)c2[nH]c(O)c(N=NC(=Nc3ccccn3)c3ccccn3)c2c1. The normalized spacial score (nSPS) is 12.1. The third-order valence-electron chi connectivity index (χ3n) is 3.97. The molecule has 4 aromatic rings. The van der Waals surface area contributed by atoms with E-state index in [-0.39, 0.29) is 5.88 Å². The van der Waals surface area contributed by atoms with Gasteiger partial charge in [0, 0.05) is 22.3 Å². The number of aryl methyl sites for hydroxylation is 1. The minimum atomic E-state index is -0.0664. The first kappa shape index (κ1) is 18.0. The summed E-state index contributed by atoms with van der Waals surface area (Å²) in [6.07, 6.45) is 3.31. The van der Waals surface area contributed by atoms with E-state index in [4.69, 9.17) is 0 Å². The molecule has 0 bridgehead atoms. The molecule has 0 aliphatic carbocycles. The van der Waals surface area contributed by atoms with E-state index in [1.165, 1.54) is 0 Å². The average Bonchev–Trinajstić information content (AvgIpc) is 3.02. The van der Waals surface area contributed by atoms with Crippen molar-refractivity contribution in [2.75, 3.05) is 0 Å². The zero-order valence-corrected chi connectivity index (χ0v) is 16.4. The molecule has 4 rings (SSSR count). The van der Waals surface area contributed by atoms with Crippen LogP contribution in [0.25, 0.3) is 10.9 Å². The lowest BCUT2D eigenvalue weighted by Crippen LogP contribution is -1.99. The Balaban J connectivity index is 1.82. The Bertz CT molecular complexity index is 1190. The maximum atomic E-state index is 10.3. The molecule has 0 aliphatic heterocycles. The summed E-state index contributed by atoms with van der Waals surface area (Å²) >= 11 is 3.50. The number of halogens is 1. The third kappa shape index (κ3) is 3.67. The molecule has 0 aliphatic rings. The highest BCUT2D eigenvalue weighted by molar-refractivity contribution is 9.10. The number of rotatable bonds is 3. The smallest absolute Gasteiger partial charge is 0.218 e. The van der Waals surface area contributed by atoms with Gasteiger partial charge in [-0.15, -0.1) is 10.2 Å². The van der Waals surface area contributed by atoms with Gasteiger partial charge in [0.25, 0.3) is 0 Å². The second-order valence-corrected chi connectivity index (χ2v) is 6.88. The molecule has 2 N–H and O–H groups in total. The number of benzene rings is 1. The maximum absolute atomic E-state index is 10.3. The van der Waals surface area contributed by atoms with E-state index in [0.717, 1.165) is 20.9 Å². The fourth-order valence-corrected chi connectivity index (χ4v) is 3.39. The summed E-state index contributed by atoms with van der Waals surface area (Å²) in [5.74, 6) is 0.715. The van der Waals surface area contributed by atoms with Crippen molar-refractivity contribution in [1.29, 1.82) is 0 Å². The molecule has 0 spiro atoms. The van der Waals surface area contributed by atoms with E-state index in [1.807, 2.05) is 43.3 Å². The Labute approximate surface area is 169 Å². The standard InChI is InChI=1S/C20H15BrN6O/c1-12-10-13-17(14(21)11-12)25-20(28)18(13)26-27-19(15-6-2-4-8-22-15)24-16-7-3-5-9-23-16/h2-11,25,28H,1H3. The number of fused-ring (bicyclic) bond motifs is 1. The molecular formula is C20H15BrN6O. The van der Waals surface area contributed by atoms with Crippen LogP contribution < -0.4 is 0 Å². The first-order valence-corrected chi connectivity index (χ1v) is 9.25. The Kier molecular flexibility index (Phi) is 4.94. The van der Waals surface area contributed by atoms with Gasteiger partial charge in [0.1, 0.15) is 5.69 Å². The van der Waals surface area contributed by atoms with E-state index in [0.29, 0.717) is 23.0 Å². The Morgan fingerprint density at radius 3 is 2.57 bits per heavy atom. The zero-order valence-electron chi connectivity index (χ0n) is 14.8. The van der Waals surface area contributed by atoms with Crippen LogP contribution in [0.3, 0.4) is 0 Å². The summed E-state index contributed by atoms with van der Waals surface area (Å²) in [6, 6.07) is 14.7. The minimum Gasteiger partial charge on any atom is -0.493 e. The molecule has 8 heteroatoms. The second-order valence-electron chi connectivity index (χ2n) is 6.03. The van der Waals surface area contributed by atoms with E-state index < -0.39 is 0 Å². The Hall–Kier alpha value is -3.39. The van der Waals surface area contributed by atoms with Gasteiger partial charge in [-0.05, 0) is 64.8 Å². The molecule has 0 atom stereocenters. The molecule has 0 unspecified atom stereocenters. The zero-order chi connectivity index (χ0) is 19.5. The van der Waals surface area contributed by atoms with Crippen LogP contribution in [0, 0.1) is 6.92 Å². The van der Waals surface area contributed by atoms with Gasteiger partial charge < -0.3 is 10.1 Å². The van der Waals surface area contributed by atoms with Gasteiger partial charge in [-0.2, -0.15) is 0 Å². The number of hydrogen-bond donors (Lipinski definition) is 2. The van der Waals surface area contributed by atoms with Crippen LogP contribution in [-0.2, 0) is 0 Å². The monoisotopic (exact) mass is 434 g/mol. The van der Waals surface area contributed by atoms with Gasteiger partial charge in [0.05, 0.1) is 5.52 Å². The number of azo groups is 1. The molecule has 28 heavy (non-hydrogen) atoms. The molecule has 0 fully saturated rings. The Morgan fingerprint density at radius 1 is 1.07 bits per heavy atom. The predicted molar refractivity (Wildman–Crippen MR) is 112 cm³/mol. The van der Waals surface area contributed by atoms with Gasteiger partial charge in [0.15, 0.2) is 11.5 Å². The summed E-state index contributed by atoms with van der Waals surface area (Å²) in [5.41, 5.74) is 2.66. The lowest BCUT2D eigenvalue weighted by atomic mass is 10.1. The summed E-state index contributed by atoms with van der Waals surface area (Å²) in [6.45, 7) is 1.97. The number of hydrogen-bond acceptors (Lipinski definition) is 5. The molecule has 3 heterocycles. The quantitative estimate of drug-likeness (QED) is 0.249. The molecule has 0 saturated heterocycles. The Morgan fingerprint density at radius 2 is 1.86 bits per heavy atom.